The molecule has 1 aliphatic carbocycles. The Bertz CT molecular complexity index is 541. The normalized spacial score (nSPS) is 14.9. The number of nitrogens with zero attached hydrogens (tertiary/aromatic N) is 3. The number of aromatic nitrogens is 1. The maximum atomic E-state index is 9.18. The third kappa shape index (κ3) is 4.58. The Labute approximate surface area is 131 Å². The first-order valence-corrected chi connectivity index (χ1v) is 8.97. The van der Waals surface area contributed by atoms with E-state index < -0.39 is 0 Å². The van der Waals surface area contributed by atoms with E-state index in [1.807, 2.05) is 13.0 Å². The Balaban J connectivity index is 2.09. The highest BCUT2D eigenvalue weighted by Gasteiger charge is 2.22. The second-order valence-corrected chi connectivity index (χ2v) is 7.01. The van der Waals surface area contributed by atoms with Crippen LogP contribution in [0.3, 0.4) is 0 Å². The second kappa shape index (κ2) is 7.77. The van der Waals surface area contributed by atoms with E-state index in [0.29, 0.717) is 18.1 Å². The Kier molecular flexibility index (Phi) is 6.02. The summed E-state index contributed by atoms with van der Waals surface area (Å²) < 4.78 is 0. The molecule has 106 valence electrons. The average Bonchev–Trinajstić information content (AvgIpc) is 3.27. The fourth-order valence-corrected chi connectivity index (χ4v) is 3.06. The molecule has 1 heterocycles. The number of pyridine rings is 1. The molecule has 2 rings (SSSR count). The van der Waals surface area contributed by atoms with Gasteiger partial charge >= 0.3 is 0 Å². The van der Waals surface area contributed by atoms with Gasteiger partial charge in [-0.3, -0.25) is 4.98 Å². The van der Waals surface area contributed by atoms with E-state index in [1.165, 1.54) is 23.8 Å². The topological polar surface area (TPSA) is 58.3 Å². The minimum absolute atomic E-state index is 0.263. The maximum absolute atomic E-state index is 9.18. The molecule has 0 atom stereocenters. The molecule has 4 nitrogen and oxygen atoms in total. The van der Waals surface area contributed by atoms with Crippen molar-refractivity contribution in [2.24, 2.45) is 11.1 Å². The summed E-state index contributed by atoms with van der Waals surface area (Å²) in [6.07, 6.45) is 4.04. The highest BCUT2D eigenvalue weighted by Crippen LogP contribution is 2.29. The first-order valence-electron chi connectivity index (χ1n) is 6.18. The molecule has 0 saturated heterocycles. The van der Waals surface area contributed by atoms with Crippen molar-refractivity contribution in [3.05, 3.63) is 23.5 Å². The summed E-state index contributed by atoms with van der Waals surface area (Å²) >= 11 is 1.59. The van der Waals surface area contributed by atoms with Crippen molar-refractivity contribution < 1.29 is 4.84 Å². The van der Waals surface area contributed by atoms with Crippen molar-refractivity contribution in [3.63, 3.8) is 0 Å². The molecule has 1 aliphatic rings. The van der Waals surface area contributed by atoms with Crippen molar-refractivity contribution >= 4 is 39.1 Å². The highest BCUT2D eigenvalue weighted by molar-refractivity contribution is 8.29. The standard InChI is InChI=1S/C13H14ClN3OS2/c1-9-13(19-8-20-14)4-11(6-16-9)12(5-15)17-18-7-10-2-3-10/h4,6,10H,2-3,7-8H2,1H3/b17-12+. The molecule has 0 bridgehead atoms. The van der Waals surface area contributed by atoms with Crippen LogP contribution in [0.15, 0.2) is 22.3 Å². The second-order valence-electron chi connectivity index (χ2n) is 4.47. The molecule has 7 heteroatoms. The lowest BCUT2D eigenvalue weighted by Crippen LogP contribution is -2.02. The van der Waals surface area contributed by atoms with Gasteiger partial charge in [0, 0.05) is 16.7 Å². The molecule has 1 fully saturated rings. The number of rotatable bonds is 7. The van der Waals surface area contributed by atoms with Crippen LogP contribution < -0.4 is 0 Å². The smallest absolute Gasteiger partial charge is 0.188 e. The molecule has 0 aliphatic heterocycles. The predicted molar refractivity (Wildman–Crippen MR) is 84.0 cm³/mol. The SMILES string of the molecule is Cc1ncc(/C(C#N)=N/OCC2CC2)cc1SCSCl. The summed E-state index contributed by atoms with van der Waals surface area (Å²) in [4.78, 5) is 10.5. The Morgan fingerprint density at radius 2 is 2.45 bits per heavy atom. The fourth-order valence-electron chi connectivity index (χ4n) is 1.50. The summed E-state index contributed by atoms with van der Waals surface area (Å²) in [5.74, 6) is 0.613. The van der Waals surface area contributed by atoms with Crippen LogP contribution in [0.1, 0.15) is 24.1 Å². The third-order valence-electron chi connectivity index (χ3n) is 2.84. The van der Waals surface area contributed by atoms with Crippen molar-refractivity contribution in [2.75, 3.05) is 11.7 Å². The van der Waals surface area contributed by atoms with Crippen LogP contribution in [0.4, 0.5) is 0 Å². The first-order chi connectivity index (χ1) is 9.74. The summed E-state index contributed by atoms with van der Waals surface area (Å²) in [6.45, 7) is 2.52. The van der Waals surface area contributed by atoms with Gasteiger partial charge in [0.05, 0.1) is 10.8 Å². The number of aryl methyl sites for hydroxylation is 1. The van der Waals surface area contributed by atoms with Crippen molar-refractivity contribution in [3.8, 4) is 6.07 Å². The zero-order valence-electron chi connectivity index (χ0n) is 11.0. The molecular formula is C13H14ClN3OS2. The van der Waals surface area contributed by atoms with Crippen LogP contribution in [0.5, 0.6) is 0 Å². The minimum Gasteiger partial charge on any atom is -0.394 e. The molecule has 0 aromatic carbocycles. The molecule has 1 aromatic heterocycles. The predicted octanol–water partition coefficient (Wildman–Crippen LogP) is 3.98. The number of oxime groups is 1. The Morgan fingerprint density at radius 3 is 3.10 bits per heavy atom. The molecule has 0 spiro atoms. The number of thioether (sulfide) groups is 1. The van der Waals surface area contributed by atoms with Crippen LogP contribution >= 0.6 is 33.4 Å². The maximum Gasteiger partial charge on any atom is 0.188 e. The number of halogens is 1. The largest absolute Gasteiger partial charge is 0.394 e. The van der Waals surface area contributed by atoms with Gasteiger partial charge in [-0.1, -0.05) is 5.16 Å². The van der Waals surface area contributed by atoms with E-state index in [-0.39, 0.29) is 5.71 Å². The van der Waals surface area contributed by atoms with E-state index in [9.17, 15) is 5.26 Å². The van der Waals surface area contributed by atoms with Gasteiger partial charge in [0.15, 0.2) is 5.71 Å². The highest BCUT2D eigenvalue weighted by atomic mass is 35.7. The number of hydrogen-bond acceptors (Lipinski definition) is 6. The molecule has 1 aromatic rings. The summed E-state index contributed by atoms with van der Waals surface area (Å²) in [5.41, 5.74) is 1.86. The van der Waals surface area contributed by atoms with E-state index in [2.05, 4.69) is 16.2 Å². The van der Waals surface area contributed by atoms with Crippen molar-refractivity contribution in [1.82, 2.24) is 4.98 Å². The molecule has 0 N–H and O–H groups in total. The summed E-state index contributed by atoms with van der Waals surface area (Å²) in [5, 5.41) is 13.8. The van der Waals surface area contributed by atoms with E-state index in [4.69, 9.17) is 15.5 Å². The summed E-state index contributed by atoms with van der Waals surface area (Å²) in [7, 11) is 6.85. The van der Waals surface area contributed by atoms with Gasteiger partial charge in [-0.15, -0.1) is 11.8 Å². The molecule has 1 saturated carbocycles. The Hall–Kier alpha value is -0.900. The van der Waals surface area contributed by atoms with Crippen molar-refractivity contribution in [2.45, 2.75) is 24.7 Å². The van der Waals surface area contributed by atoms with Gasteiger partial charge < -0.3 is 4.84 Å². The molecule has 0 amide bonds. The lowest BCUT2D eigenvalue weighted by molar-refractivity contribution is 0.134. The third-order valence-corrected chi connectivity index (χ3v) is 5.20. The van der Waals surface area contributed by atoms with Crippen molar-refractivity contribution in [1.29, 1.82) is 5.26 Å². The van der Waals surface area contributed by atoms with E-state index in [0.717, 1.165) is 15.7 Å². The zero-order chi connectivity index (χ0) is 14.4. The molecule has 0 radical (unpaired) electrons. The van der Waals surface area contributed by atoms with Crippen LogP contribution in [0, 0.1) is 24.2 Å². The van der Waals surface area contributed by atoms with Gasteiger partial charge in [-0.25, -0.2) is 0 Å². The zero-order valence-corrected chi connectivity index (χ0v) is 13.4. The van der Waals surface area contributed by atoms with Gasteiger partial charge in [0.25, 0.3) is 0 Å². The van der Waals surface area contributed by atoms with Crippen LogP contribution in [0.2, 0.25) is 0 Å². The monoisotopic (exact) mass is 327 g/mol. The minimum atomic E-state index is 0.263. The average molecular weight is 328 g/mol. The number of nitriles is 1. The van der Waals surface area contributed by atoms with Gasteiger partial charge in [-0.2, -0.15) is 5.26 Å². The quantitative estimate of drug-likeness (QED) is 0.328. The van der Waals surface area contributed by atoms with Gasteiger partial charge in [-0.05, 0) is 53.4 Å². The lowest BCUT2D eigenvalue weighted by atomic mass is 10.2. The molecule has 0 unspecified atom stereocenters. The van der Waals surface area contributed by atoms with Gasteiger partial charge in [0.2, 0.25) is 0 Å². The summed E-state index contributed by atoms with van der Waals surface area (Å²) in [6, 6.07) is 3.97. The van der Waals surface area contributed by atoms with E-state index >= 15 is 0 Å². The van der Waals surface area contributed by atoms with Crippen LogP contribution in [-0.4, -0.2) is 22.4 Å². The molecular weight excluding hydrogens is 314 g/mol. The first kappa shape index (κ1) is 15.5. The fraction of sp³-hybridized carbons (Fsp3) is 0.462. The van der Waals surface area contributed by atoms with Gasteiger partial charge in [0.1, 0.15) is 12.7 Å². The van der Waals surface area contributed by atoms with Crippen LogP contribution in [0.25, 0.3) is 0 Å². The number of hydrogen-bond donors (Lipinski definition) is 0. The molecule has 20 heavy (non-hydrogen) atoms. The van der Waals surface area contributed by atoms with Crippen LogP contribution in [-0.2, 0) is 4.84 Å². The lowest BCUT2D eigenvalue weighted by Gasteiger charge is -2.05. The van der Waals surface area contributed by atoms with E-state index in [1.54, 1.807) is 18.0 Å². The Morgan fingerprint density at radius 1 is 1.65 bits per heavy atom.